The lowest BCUT2D eigenvalue weighted by Crippen LogP contribution is -2.12. The fourth-order valence-electron chi connectivity index (χ4n) is 6.18. The van der Waals surface area contributed by atoms with Crippen molar-refractivity contribution in [2.24, 2.45) is 0 Å². The van der Waals surface area contributed by atoms with Crippen LogP contribution in [-0.4, -0.2) is 0 Å². The van der Waals surface area contributed by atoms with Gasteiger partial charge >= 0.3 is 0 Å². The summed E-state index contributed by atoms with van der Waals surface area (Å²) < 4.78 is 0. The highest BCUT2D eigenvalue weighted by atomic mass is 15.1. The molecule has 0 atom stereocenters. The predicted octanol–water partition coefficient (Wildman–Crippen LogP) is 12.7. The highest BCUT2D eigenvalue weighted by Crippen LogP contribution is 2.41. The van der Waals surface area contributed by atoms with Crippen LogP contribution in [-0.2, 0) is 12.8 Å². The minimum atomic E-state index is 1.03. The van der Waals surface area contributed by atoms with Crippen molar-refractivity contribution < 1.29 is 0 Å². The zero-order valence-corrected chi connectivity index (χ0v) is 28.0. The molecular weight excluding hydrogens is 556 g/mol. The maximum absolute atomic E-state index is 2.37. The molecule has 0 radical (unpaired) electrons. The molecule has 0 N–H and O–H groups in total. The smallest absolute Gasteiger partial charge is 0.0491 e. The molecule has 0 saturated carbocycles. The van der Waals surface area contributed by atoms with Gasteiger partial charge in [-0.2, -0.15) is 0 Å². The zero-order valence-electron chi connectivity index (χ0n) is 28.0. The number of rotatable bonds is 9. The second-order valence-corrected chi connectivity index (χ2v) is 12.4. The molecule has 0 aromatic heterocycles. The van der Waals surface area contributed by atoms with Gasteiger partial charge in [-0.1, -0.05) is 85.6 Å². The van der Waals surface area contributed by atoms with E-state index in [1.165, 1.54) is 67.3 Å². The van der Waals surface area contributed by atoms with Gasteiger partial charge in [-0.05, 0) is 147 Å². The van der Waals surface area contributed by atoms with Gasteiger partial charge in [0, 0.05) is 34.1 Å². The third kappa shape index (κ3) is 6.48. The van der Waals surface area contributed by atoms with Gasteiger partial charge in [0.25, 0.3) is 0 Å². The van der Waals surface area contributed by atoms with Crippen LogP contribution in [0.15, 0.2) is 133 Å². The second-order valence-electron chi connectivity index (χ2n) is 12.4. The summed E-state index contributed by atoms with van der Waals surface area (Å²) in [5, 5.41) is 0. The fourth-order valence-corrected chi connectivity index (χ4v) is 6.18. The standard InChI is InChI=1S/C44H44N2/c1-7-35-13-23-41(24-14-35)45(39-19-9-31(3)10-20-39)43-27-17-37(29-33(43)5)38-18-28-44(34(6)30-38)46(40-21-11-32(4)12-22-40)42-25-15-36(8-2)16-26-42/h9-30H,7-8H2,1-6H3. The van der Waals surface area contributed by atoms with Crippen molar-refractivity contribution >= 4 is 34.1 Å². The molecule has 0 aliphatic carbocycles. The van der Waals surface area contributed by atoms with Crippen molar-refractivity contribution in [1.82, 2.24) is 0 Å². The molecule has 0 fully saturated rings. The van der Waals surface area contributed by atoms with Crippen molar-refractivity contribution in [3.63, 3.8) is 0 Å². The van der Waals surface area contributed by atoms with Crippen LogP contribution >= 0.6 is 0 Å². The highest BCUT2D eigenvalue weighted by Gasteiger charge is 2.18. The summed E-state index contributed by atoms with van der Waals surface area (Å²) in [5.74, 6) is 0. The van der Waals surface area contributed by atoms with Crippen LogP contribution in [0.1, 0.15) is 47.2 Å². The lowest BCUT2D eigenvalue weighted by Gasteiger charge is -2.28. The first-order valence-electron chi connectivity index (χ1n) is 16.5. The van der Waals surface area contributed by atoms with E-state index in [2.05, 4.69) is 185 Å². The van der Waals surface area contributed by atoms with Crippen LogP contribution in [0, 0.1) is 27.7 Å². The second kappa shape index (κ2) is 13.5. The zero-order chi connectivity index (χ0) is 32.2. The lowest BCUT2D eigenvalue weighted by atomic mass is 9.98. The molecular formula is C44H44N2. The summed E-state index contributed by atoms with van der Waals surface area (Å²) in [6, 6.07) is 49.3. The summed E-state index contributed by atoms with van der Waals surface area (Å²) in [6.07, 6.45) is 2.06. The molecule has 6 rings (SSSR count). The van der Waals surface area contributed by atoms with E-state index in [9.17, 15) is 0 Å². The van der Waals surface area contributed by atoms with Gasteiger partial charge < -0.3 is 9.80 Å². The Kier molecular flexibility index (Phi) is 9.08. The molecule has 0 saturated heterocycles. The molecule has 2 nitrogen and oxygen atoms in total. The molecule has 6 aromatic carbocycles. The van der Waals surface area contributed by atoms with Crippen molar-refractivity contribution in [3.05, 3.63) is 167 Å². The summed E-state index contributed by atoms with van der Waals surface area (Å²) in [5.41, 5.74) is 17.1. The Morgan fingerprint density at radius 3 is 0.957 bits per heavy atom. The topological polar surface area (TPSA) is 6.48 Å². The van der Waals surface area contributed by atoms with Crippen LogP contribution in [0.3, 0.4) is 0 Å². The van der Waals surface area contributed by atoms with Crippen molar-refractivity contribution in [1.29, 1.82) is 0 Å². The maximum Gasteiger partial charge on any atom is 0.0491 e. The summed E-state index contributed by atoms with van der Waals surface area (Å²) in [6.45, 7) is 13.1. The quantitative estimate of drug-likeness (QED) is 0.163. The van der Waals surface area contributed by atoms with E-state index in [-0.39, 0.29) is 0 Å². The molecule has 0 spiro atoms. The summed E-state index contributed by atoms with van der Waals surface area (Å²) >= 11 is 0. The highest BCUT2D eigenvalue weighted by molar-refractivity contribution is 5.83. The minimum Gasteiger partial charge on any atom is -0.310 e. The summed E-state index contributed by atoms with van der Waals surface area (Å²) in [7, 11) is 0. The molecule has 0 unspecified atom stereocenters. The monoisotopic (exact) mass is 600 g/mol. The average molecular weight is 601 g/mol. The minimum absolute atomic E-state index is 1.03. The molecule has 0 amide bonds. The van der Waals surface area contributed by atoms with Gasteiger partial charge in [-0.15, -0.1) is 0 Å². The van der Waals surface area contributed by atoms with Crippen molar-refractivity contribution in [2.75, 3.05) is 9.80 Å². The van der Waals surface area contributed by atoms with Gasteiger partial charge in [0.1, 0.15) is 0 Å². The molecule has 0 heterocycles. The molecule has 0 bridgehead atoms. The van der Waals surface area contributed by atoms with Gasteiger partial charge in [0.2, 0.25) is 0 Å². The summed E-state index contributed by atoms with van der Waals surface area (Å²) in [4.78, 5) is 4.74. The Labute approximate surface area is 275 Å². The van der Waals surface area contributed by atoms with E-state index >= 15 is 0 Å². The normalized spacial score (nSPS) is 11.0. The number of anilines is 6. The molecule has 0 aliphatic rings. The first-order valence-corrected chi connectivity index (χ1v) is 16.5. The number of nitrogens with zero attached hydrogens (tertiary/aromatic N) is 2. The van der Waals surface area contributed by atoms with E-state index in [1.54, 1.807) is 0 Å². The molecule has 230 valence electrons. The van der Waals surface area contributed by atoms with Crippen LogP contribution in [0.25, 0.3) is 11.1 Å². The van der Waals surface area contributed by atoms with Gasteiger partial charge in [0.05, 0.1) is 0 Å². The van der Waals surface area contributed by atoms with Crippen LogP contribution in [0.4, 0.5) is 34.1 Å². The maximum atomic E-state index is 2.37. The van der Waals surface area contributed by atoms with Crippen molar-refractivity contribution in [2.45, 2.75) is 54.4 Å². The van der Waals surface area contributed by atoms with E-state index in [4.69, 9.17) is 0 Å². The molecule has 0 aliphatic heterocycles. The van der Waals surface area contributed by atoms with Gasteiger partial charge in [-0.25, -0.2) is 0 Å². The predicted molar refractivity (Wildman–Crippen MR) is 199 cm³/mol. The Morgan fingerprint density at radius 2 is 0.674 bits per heavy atom. The van der Waals surface area contributed by atoms with Gasteiger partial charge in [-0.3, -0.25) is 0 Å². The van der Waals surface area contributed by atoms with Crippen LogP contribution in [0.2, 0.25) is 0 Å². The fraction of sp³-hybridized carbons (Fsp3) is 0.182. The first kappa shape index (κ1) is 30.9. The molecule has 6 aromatic rings. The lowest BCUT2D eigenvalue weighted by molar-refractivity contribution is 1.13. The van der Waals surface area contributed by atoms with E-state index < -0.39 is 0 Å². The molecule has 2 heteroatoms. The van der Waals surface area contributed by atoms with Gasteiger partial charge in [0.15, 0.2) is 0 Å². The molecule has 46 heavy (non-hydrogen) atoms. The van der Waals surface area contributed by atoms with Crippen LogP contribution < -0.4 is 9.80 Å². The average Bonchev–Trinajstić information content (AvgIpc) is 3.08. The number of hydrogen-bond acceptors (Lipinski definition) is 2. The van der Waals surface area contributed by atoms with Crippen LogP contribution in [0.5, 0.6) is 0 Å². The van der Waals surface area contributed by atoms with E-state index in [1.807, 2.05) is 0 Å². The number of aryl methyl sites for hydroxylation is 6. The Bertz CT molecular complexity index is 1770. The number of hydrogen-bond donors (Lipinski definition) is 0. The van der Waals surface area contributed by atoms with E-state index in [0.717, 1.165) is 24.2 Å². The Hall–Kier alpha value is -5.08. The van der Waals surface area contributed by atoms with Crippen molar-refractivity contribution in [3.8, 4) is 11.1 Å². The third-order valence-corrected chi connectivity index (χ3v) is 9.00. The largest absolute Gasteiger partial charge is 0.310 e. The van der Waals surface area contributed by atoms with E-state index in [0.29, 0.717) is 0 Å². The Morgan fingerprint density at radius 1 is 0.370 bits per heavy atom. The SMILES string of the molecule is CCc1ccc(N(c2ccc(C)cc2)c2ccc(-c3ccc(N(c4ccc(C)cc4)c4ccc(CC)cc4)c(C)c3)cc2C)cc1. The Balaban J connectivity index is 1.37. The third-order valence-electron chi connectivity index (χ3n) is 9.00. The first-order chi connectivity index (χ1) is 22.3. The number of benzene rings is 6.